The third kappa shape index (κ3) is 4.15. The maximum Gasteiger partial charge on any atom is 0.261 e. The quantitative estimate of drug-likeness (QED) is 0.269. The molecule has 1 aliphatic rings. The molecule has 10 heteroatoms. The zero-order valence-corrected chi connectivity index (χ0v) is 21.3. The number of hydrogen-bond acceptors (Lipinski definition) is 6. The van der Waals surface area contributed by atoms with Gasteiger partial charge in [0.15, 0.2) is 5.82 Å². The van der Waals surface area contributed by atoms with E-state index in [2.05, 4.69) is 50.3 Å². The van der Waals surface area contributed by atoms with Crippen molar-refractivity contribution in [3.63, 3.8) is 0 Å². The summed E-state index contributed by atoms with van der Waals surface area (Å²) in [5.74, 6) is -1.95. The van der Waals surface area contributed by atoms with Crippen LogP contribution in [0.5, 0.6) is 0 Å². The van der Waals surface area contributed by atoms with E-state index in [1.807, 2.05) is 24.4 Å². The van der Waals surface area contributed by atoms with E-state index in [1.165, 1.54) is 4.88 Å². The van der Waals surface area contributed by atoms with Crippen LogP contribution in [-0.4, -0.2) is 54.0 Å². The Kier molecular flexibility index (Phi) is 5.34. The third-order valence-corrected chi connectivity index (χ3v) is 8.00. The second-order valence-electron chi connectivity index (χ2n) is 9.81. The Labute approximate surface area is 220 Å². The summed E-state index contributed by atoms with van der Waals surface area (Å²) >= 11 is 1.71. The maximum absolute atomic E-state index is 13.6. The summed E-state index contributed by atoms with van der Waals surface area (Å²) in [6.45, 7) is 2.72. The van der Waals surface area contributed by atoms with Gasteiger partial charge in [0.2, 0.25) is 0 Å². The molecule has 0 unspecified atom stereocenters. The fourth-order valence-corrected chi connectivity index (χ4v) is 5.99. The Hall–Kier alpha value is -4.02. The Morgan fingerprint density at radius 1 is 1.00 bits per heavy atom. The number of fused-ring (bicyclic) bond motifs is 2. The van der Waals surface area contributed by atoms with Gasteiger partial charge < -0.3 is 4.98 Å². The lowest BCUT2D eigenvalue weighted by atomic mass is 10.0. The molecule has 0 spiro atoms. The Balaban J connectivity index is 1.24. The number of alkyl halides is 2. The molecule has 7 nitrogen and oxygen atoms in total. The van der Waals surface area contributed by atoms with Crippen LogP contribution in [0, 0.1) is 6.92 Å². The van der Waals surface area contributed by atoms with Crippen LogP contribution in [0.15, 0.2) is 61.2 Å². The molecule has 6 aromatic rings. The molecule has 190 valence electrons. The highest BCUT2D eigenvalue weighted by atomic mass is 32.1. The van der Waals surface area contributed by atoms with Crippen molar-refractivity contribution in [2.45, 2.75) is 25.8 Å². The van der Waals surface area contributed by atoms with E-state index < -0.39 is 5.92 Å². The molecule has 6 heterocycles. The zero-order chi connectivity index (χ0) is 25.9. The van der Waals surface area contributed by atoms with Gasteiger partial charge in [0.1, 0.15) is 11.2 Å². The second-order valence-corrected chi connectivity index (χ2v) is 11.1. The molecule has 5 aromatic heterocycles. The number of halogens is 2. The number of hydrogen-bond donors (Lipinski definition) is 2. The third-order valence-electron chi connectivity index (χ3n) is 6.97. The topological polar surface area (TPSA) is 86.4 Å². The molecule has 0 amide bonds. The molecule has 1 aromatic carbocycles. The van der Waals surface area contributed by atoms with Gasteiger partial charge in [0.25, 0.3) is 5.92 Å². The number of nitrogens with one attached hydrogen (secondary N) is 2. The van der Waals surface area contributed by atoms with Gasteiger partial charge in [0, 0.05) is 64.4 Å². The van der Waals surface area contributed by atoms with Crippen molar-refractivity contribution in [3.05, 3.63) is 71.6 Å². The monoisotopic (exact) mass is 527 g/mol. The molecule has 1 saturated heterocycles. The average molecular weight is 528 g/mol. The fraction of sp³-hybridized carbons (Fsp3) is 0.214. The fourth-order valence-electron chi connectivity index (χ4n) is 5.11. The van der Waals surface area contributed by atoms with Crippen LogP contribution >= 0.6 is 11.3 Å². The summed E-state index contributed by atoms with van der Waals surface area (Å²) in [5.41, 5.74) is 7.10. The van der Waals surface area contributed by atoms with Gasteiger partial charge in [-0.15, -0.1) is 11.3 Å². The van der Waals surface area contributed by atoms with Gasteiger partial charge >= 0.3 is 0 Å². The van der Waals surface area contributed by atoms with Crippen LogP contribution in [0.3, 0.4) is 0 Å². The first-order valence-electron chi connectivity index (χ1n) is 12.4. The summed E-state index contributed by atoms with van der Waals surface area (Å²) in [6, 6.07) is 12.3. The number of nitrogens with zero attached hydrogens (tertiary/aromatic N) is 5. The van der Waals surface area contributed by atoms with Crippen molar-refractivity contribution in [1.82, 2.24) is 35.0 Å². The van der Waals surface area contributed by atoms with Crippen molar-refractivity contribution >= 4 is 33.3 Å². The number of aromatic nitrogens is 6. The van der Waals surface area contributed by atoms with E-state index in [4.69, 9.17) is 4.98 Å². The molecule has 0 bridgehead atoms. The molecule has 0 saturated carbocycles. The number of aromatic amines is 2. The minimum absolute atomic E-state index is 0.0909. The Morgan fingerprint density at radius 2 is 1.89 bits per heavy atom. The first-order valence-corrected chi connectivity index (χ1v) is 13.2. The summed E-state index contributed by atoms with van der Waals surface area (Å²) in [4.78, 5) is 21.3. The van der Waals surface area contributed by atoms with Gasteiger partial charge in [-0.1, -0.05) is 6.07 Å². The van der Waals surface area contributed by atoms with Crippen molar-refractivity contribution in [1.29, 1.82) is 0 Å². The van der Waals surface area contributed by atoms with Crippen LogP contribution in [0.4, 0.5) is 8.78 Å². The van der Waals surface area contributed by atoms with Crippen molar-refractivity contribution in [2.75, 3.05) is 13.1 Å². The molecule has 38 heavy (non-hydrogen) atoms. The Morgan fingerprint density at radius 3 is 2.71 bits per heavy atom. The minimum Gasteiger partial charge on any atom is -0.335 e. The molecule has 2 N–H and O–H groups in total. The van der Waals surface area contributed by atoms with Crippen LogP contribution in [-0.2, 0) is 6.54 Å². The zero-order valence-electron chi connectivity index (χ0n) is 20.5. The van der Waals surface area contributed by atoms with Gasteiger partial charge in [-0.05, 0) is 48.4 Å². The maximum atomic E-state index is 13.6. The first-order chi connectivity index (χ1) is 18.4. The molecule has 1 fully saturated rings. The lowest BCUT2D eigenvalue weighted by Gasteiger charge is -2.15. The van der Waals surface area contributed by atoms with Crippen LogP contribution in [0.25, 0.3) is 55.0 Å². The molecule has 0 atom stereocenters. The van der Waals surface area contributed by atoms with Gasteiger partial charge in [-0.2, -0.15) is 5.10 Å². The van der Waals surface area contributed by atoms with Crippen molar-refractivity contribution in [2.24, 2.45) is 0 Å². The van der Waals surface area contributed by atoms with Crippen molar-refractivity contribution < 1.29 is 8.78 Å². The van der Waals surface area contributed by atoms with E-state index in [0.29, 0.717) is 18.9 Å². The smallest absolute Gasteiger partial charge is 0.261 e. The Bertz CT molecular complexity index is 1800. The summed E-state index contributed by atoms with van der Waals surface area (Å²) < 4.78 is 27.3. The van der Waals surface area contributed by atoms with E-state index >= 15 is 0 Å². The normalized spacial score (nSPS) is 15.7. The van der Waals surface area contributed by atoms with Crippen LogP contribution in [0.1, 0.15) is 16.9 Å². The molecule has 1 aliphatic heterocycles. The summed E-state index contributed by atoms with van der Waals surface area (Å²) in [6.07, 6.45) is 7.08. The SMILES string of the molecule is Cc1ccc(-c2cncc3[nH]c(-c4n[nH]c5ccc(-c6cncc(CN7CCC(F)(F)C7)c6)cc45)nc23)s1. The van der Waals surface area contributed by atoms with E-state index in [1.54, 1.807) is 34.8 Å². The molecular formula is C28H23F2N7S. The molecular weight excluding hydrogens is 504 g/mol. The number of imidazole rings is 1. The number of likely N-dealkylation sites (tertiary alicyclic amines) is 1. The van der Waals surface area contributed by atoms with Gasteiger partial charge in [-0.3, -0.25) is 20.0 Å². The second kappa shape index (κ2) is 8.78. The molecule has 0 radical (unpaired) electrons. The molecule has 0 aliphatic carbocycles. The lowest BCUT2D eigenvalue weighted by Crippen LogP contribution is -2.24. The highest BCUT2D eigenvalue weighted by Crippen LogP contribution is 2.35. The van der Waals surface area contributed by atoms with Crippen LogP contribution < -0.4 is 0 Å². The van der Waals surface area contributed by atoms with E-state index in [9.17, 15) is 8.78 Å². The highest BCUT2D eigenvalue weighted by molar-refractivity contribution is 7.15. The van der Waals surface area contributed by atoms with E-state index in [0.717, 1.165) is 54.8 Å². The summed E-state index contributed by atoms with van der Waals surface area (Å²) in [7, 11) is 0. The number of pyridine rings is 2. The predicted octanol–water partition coefficient (Wildman–Crippen LogP) is 6.44. The number of H-pyrrole nitrogens is 2. The number of thiophene rings is 1. The van der Waals surface area contributed by atoms with Gasteiger partial charge in [0.05, 0.1) is 23.8 Å². The van der Waals surface area contributed by atoms with Gasteiger partial charge in [-0.25, -0.2) is 13.8 Å². The van der Waals surface area contributed by atoms with Crippen LogP contribution in [0.2, 0.25) is 0 Å². The highest BCUT2D eigenvalue weighted by Gasteiger charge is 2.37. The summed E-state index contributed by atoms with van der Waals surface area (Å²) in [5, 5.41) is 8.61. The molecule has 7 rings (SSSR count). The largest absolute Gasteiger partial charge is 0.335 e. The number of rotatable bonds is 5. The lowest BCUT2D eigenvalue weighted by molar-refractivity contribution is 0.0115. The minimum atomic E-state index is -2.61. The van der Waals surface area contributed by atoms with E-state index in [-0.39, 0.29) is 13.0 Å². The average Bonchev–Trinajstić information content (AvgIpc) is 3.69. The number of benzene rings is 1. The first kappa shape index (κ1) is 23.1. The number of aryl methyl sites for hydroxylation is 1. The predicted molar refractivity (Wildman–Crippen MR) is 145 cm³/mol. The van der Waals surface area contributed by atoms with Crippen molar-refractivity contribution in [3.8, 4) is 33.1 Å². The standard InChI is InChI=1S/C28H23F2N7S/c1-16-2-5-24(38-16)21-12-32-13-23-25(21)34-27(33-23)26-20-9-18(3-4-22(20)35-36-26)19-8-17(10-31-11-19)14-37-7-6-28(29,30)15-37/h2-5,8-13H,6-7,14-15H2,1H3,(H,33,34)(H,35,36).